The summed E-state index contributed by atoms with van der Waals surface area (Å²) in [5.74, 6) is -0.0915. The van der Waals surface area contributed by atoms with Crippen molar-refractivity contribution in [1.82, 2.24) is 33.8 Å². The van der Waals surface area contributed by atoms with Crippen LogP contribution in [-0.2, 0) is 10.0 Å². The lowest BCUT2D eigenvalue weighted by molar-refractivity contribution is 0.102. The Balaban J connectivity index is 1.30. The topological polar surface area (TPSA) is 148 Å². The molecule has 1 aliphatic heterocycles. The molecule has 4 heterocycles. The molecule has 210 valence electrons. The van der Waals surface area contributed by atoms with Crippen LogP contribution in [0.25, 0.3) is 22.7 Å². The molecular weight excluding hydrogens is 544 g/mol. The van der Waals surface area contributed by atoms with Gasteiger partial charge in [-0.3, -0.25) is 14.6 Å². The molecule has 1 saturated heterocycles. The third kappa shape index (κ3) is 5.05. The number of piperidine rings is 1. The second-order valence-corrected chi connectivity index (χ2v) is 12.0. The quantitative estimate of drug-likeness (QED) is 0.317. The second kappa shape index (κ2) is 10.4. The van der Waals surface area contributed by atoms with Crippen LogP contribution >= 0.6 is 0 Å². The highest BCUT2D eigenvalue weighted by Crippen LogP contribution is 2.22. The van der Waals surface area contributed by atoms with E-state index in [0.29, 0.717) is 29.8 Å². The van der Waals surface area contributed by atoms with Gasteiger partial charge in [0.15, 0.2) is 5.65 Å². The monoisotopic (exact) mass is 572 g/mol. The maximum Gasteiger partial charge on any atom is 0.263 e. The van der Waals surface area contributed by atoms with Gasteiger partial charge in [-0.05, 0) is 68.7 Å². The minimum absolute atomic E-state index is 0.100. The lowest BCUT2D eigenvalue weighted by Gasteiger charge is -2.25. The van der Waals surface area contributed by atoms with Gasteiger partial charge in [0.25, 0.3) is 11.5 Å². The summed E-state index contributed by atoms with van der Waals surface area (Å²) >= 11 is 0. The van der Waals surface area contributed by atoms with Crippen molar-refractivity contribution in [3.05, 3.63) is 88.0 Å². The number of benzene rings is 2. The summed E-state index contributed by atoms with van der Waals surface area (Å²) in [4.78, 5) is 33.6. The minimum Gasteiger partial charge on any atom is -0.306 e. The number of aromatic nitrogens is 6. The van der Waals surface area contributed by atoms with E-state index in [9.17, 15) is 18.0 Å². The number of sulfonamides is 1. The first-order valence-electron chi connectivity index (χ1n) is 13.2. The van der Waals surface area contributed by atoms with Gasteiger partial charge in [-0.25, -0.2) is 13.1 Å². The van der Waals surface area contributed by atoms with Crippen molar-refractivity contribution < 1.29 is 13.2 Å². The van der Waals surface area contributed by atoms with Crippen LogP contribution in [0.5, 0.6) is 0 Å². The molecule has 0 saturated carbocycles. The number of rotatable bonds is 6. The number of nitrogens with one attached hydrogen (secondary N) is 2. The van der Waals surface area contributed by atoms with Gasteiger partial charge in [0, 0.05) is 24.7 Å². The SMILES string of the molecule is Cc1cccc(-n2ncc3c(=O)[nH]c(-n4nc(C)cc4NC(=O)c4ccc(S(=O)(=O)N5CCCCC5)cc4)nc32)c1. The normalized spacial score (nSPS) is 14.4. The molecule has 6 rings (SSSR count). The lowest BCUT2D eigenvalue weighted by atomic mass is 10.2. The Morgan fingerprint density at radius 1 is 0.976 bits per heavy atom. The molecule has 1 fully saturated rings. The van der Waals surface area contributed by atoms with Gasteiger partial charge in [-0.15, -0.1) is 0 Å². The number of hydrogen-bond donors (Lipinski definition) is 2. The summed E-state index contributed by atoms with van der Waals surface area (Å²) in [7, 11) is -3.61. The number of hydrogen-bond acceptors (Lipinski definition) is 7. The molecule has 5 aromatic rings. The number of H-pyrrole nitrogens is 1. The van der Waals surface area contributed by atoms with Gasteiger partial charge < -0.3 is 5.32 Å². The van der Waals surface area contributed by atoms with Crippen molar-refractivity contribution in [3.63, 3.8) is 0 Å². The summed E-state index contributed by atoms with van der Waals surface area (Å²) in [5, 5.41) is 11.9. The van der Waals surface area contributed by atoms with Crippen LogP contribution in [0.2, 0.25) is 0 Å². The molecule has 0 atom stereocenters. The van der Waals surface area contributed by atoms with Crippen LogP contribution in [0.1, 0.15) is 40.9 Å². The Kier molecular flexibility index (Phi) is 6.75. The molecular formula is C28H28N8O4S. The van der Waals surface area contributed by atoms with Crippen molar-refractivity contribution >= 4 is 32.8 Å². The van der Waals surface area contributed by atoms with Gasteiger partial charge in [-0.1, -0.05) is 18.6 Å². The highest BCUT2D eigenvalue weighted by Gasteiger charge is 2.26. The van der Waals surface area contributed by atoms with Crippen LogP contribution in [0, 0.1) is 13.8 Å². The van der Waals surface area contributed by atoms with Crippen molar-refractivity contribution in [2.75, 3.05) is 18.4 Å². The van der Waals surface area contributed by atoms with E-state index >= 15 is 0 Å². The summed E-state index contributed by atoms with van der Waals surface area (Å²) < 4.78 is 30.3. The molecule has 3 aromatic heterocycles. The summed E-state index contributed by atoms with van der Waals surface area (Å²) in [6.45, 7) is 4.72. The predicted octanol–water partition coefficient (Wildman–Crippen LogP) is 3.34. The molecule has 1 aliphatic rings. The standard InChI is InChI=1S/C28H28N8O4S/c1-18-7-6-8-21(15-18)35-25-23(17-29-35)27(38)32-28(31-25)36-24(16-19(2)33-36)30-26(37)20-9-11-22(12-10-20)41(39,40)34-13-4-3-5-14-34/h6-12,15-17H,3-5,13-14H2,1-2H3,(H,30,37)(H,31,32,38). The molecule has 0 radical (unpaired) electrons. The number of carbonyl (C=O) groups excluding carboxylic acids is 1. The summed E-state index contributed by atoms with van der Waals surface area (Å²) in [6.07, 6.45) is 4.16. The largest absolute Gasteiger partial charge is 0.306 e. The van der Waals surface area contributed by atoms with E-state index < -0.39 is 21.5 Å². The van der Waals surface area contributed by atoms with Gasteiger partial charge in [-0.2, -0.15) is 24.2 Å². The van der Waals surface area contributed by atoms with Crippen molar-refractivity contribution in [2.45, 2.75) is 38.0 Å². The van der Waals surface area contributed by atoms with Crippen LogP contribution in [0.4, 0.5) is 5.82 Å². The summed E-state index contributed by atoms with van der Waals surface area (Å²) in [5.41, 5.74) is 2.56. The van der Waals surface area contributed by atoms with Crippen LogP contribution in [0.15, 0.2) is 70.5 Å². The highest BCUT2D eigenvalue weighted by atomic mass is 32.2. The Hall–Kier alpha value is -4.62. The number of aromatic amines is 1. The number of aryl methyl sites for hydroxylation is 2. The first-order valence-corrected chi connectivity index (χ1v) is 14.7. The van der Waals surface area contributed by atoms with Crippen LogP contribution in [0.3, 0.4) is 0 Å². The number of amides is 1. The van der Waals surface area contributed by atoms with E-state index in [0.717, 1.165) is 30.5 Å². The zero-order valence-electron chi connectivity index (χ0n) is 22.5. The van der Waals surface area contributed by atoms with E-state index in [1.54, 1.807) is 17.7 Å². The first kappa shape index (κ1) is 26.6. The van der Waals surface area contributed by atoms with E-state index in [4.69, 9.17) is 0 Å². The molecule has 1 amide bonds. The molecule has 41 heavy (non-hydrogen) atoms. The number of anilines is 1. The van der Waals surface area contributed by atoms with Crippen LogP contribution < -0.4 is 10.9 Å². The smallest absolute Gasteiger partial charge is 0.263 e. The Bertz CT molecular complexity index is 1930. The number of fused-ring (bicyclic) bond motifs is 1. The zero-order valence-corrected chi connectivity index (χ0v) is 23.4. The fourth-order valence-corrected chi connectivity index (χ4v) is 6.44. The molecule has 13 heteroatoms. The Labute approximate surface area is 235 Å². The second-order valence-electron chi connectivity index (χ2n) is 10.0. The Morgan fingerprint density at radius 3 is 2.46 bits per heavy atom. The third-order valence-corrected chi connectivity index (χ3v) is 8.93. The average Bonchev–Trinajstić information content (AvgIpc) is 3.57. The summed E-state index contributed by atoms with van der Waals surface area (Å²) in [6, 6.07) is 15.2. The van der Waals surface area contributed by atoms with Gasteiger partial charge in [0.1, 0.15) is 11.2 Å². The highest BCUT2D eigenvalue weighted by molar-refractivity contribution is 7.89. The van der Waals surface area contributed by atoms with E-state index in [1.807, 2.05) is 31.2 Å². The fourth-order valence-electron chi connectivity index (χ4n) is 4.93. The molecule has 2 N–H and O–H groups in total. The van der Waals surface area contributed by atoms with E-state index in [2.05, 4.69) is 25.5 Å². The molecule has 0 spiro atoms. The van der Waals surface area contributed by atoms with Gasteiger partial charge >= 0.3 is 0 Å². The van der Waals surface area contributed by atoms with Gasteiger partial charge in [0.05, 0.1) is 22.5 Å². The molecule has 12 nitrogen and oxygen atoms in total. The first-order chi connectivity index (χ1) is 19.7. The maximum atomic E-state index is 13.2. The number of carbonyl (C=O) groups is 1. The average molecular weight is 573 g/mol. The number of nitrogens with zero attached hydrogens (tertiary/aromatic N) is 6. The van der Waals surface area contributed by atoms with Crippen molar-refractivity contribution in [1.29, 1.82) is 0 Å². The molecule has 2 aromatic carbocycles. The van der Waals surface area contributed by atoms with E-state index in [1.165, 1.54) is 39.4 Å². The molecule has 0 aliphatic carbocycles. The lowest BCUT2D eigenvalue weighted by Crippen LogP contribution is -2.35. The van der Waals surface area contributed by atoms with Crippen molar-refractivity contribution in [2.24, 2.45) is 0 Å². The van der Waals surface area contributed by atoms with Crippen molar-refractivity contribution in [3.8, 4) is 11.6 Å². The Morgan fingerprint density at radius 2 is 1.73 bits per heavy atom. The van der Waals surface area contributed by atoms with Gasteiger partial charge in [0.2, 0.25) is 16.0 Å². The van der Waals surface area contributed by atoms with E-state index in [-0.39, 0.29) is 22.2 Å². The molecule has 0 bridgehead atoms. The zero-order chi connectivity index (χ0) is 28.7. The third-order valence-electron chi connectivity index (χ3n) is 7.01. The maximum absolute atomic E-state index is 13.2. The fraction of sp³-hybridized carbons (Fsp3) is 0.250. The molecule has 0 unspecified atom stereocenters. The minimum atomic E-state index is -3.61. The predicted molar refractivity (Wildman–Crippen MR) is 153 cm³/mol. The van der Waals surface area contributed by atoms with Crippen LogP contribution in [-0.4, -0.2) is 61.2 Å².